The molecule has 1 rings (SSSR count). The van der Waals surface area contributed by atoms with Crippen LogP contribution in [0.25, 0.3) is 0 Å². The van der Waals surface area contributed by atoms with Crippen molar-refractivity contribution < 1.29 is 0 Å². The predicted molar refractivity (Wildman–Crippen MR) is 62.7 cm³/mol. The van der Waals surface area contributed by atoms with Crippen LogP contribution in [0.1, 0.15) is 17.2 Å². The van der Waals surface area contributed by atoms with Crippen LogP contribution in [0.15, 0.2) is 30.9 Å². The molecule has 0 bridgehead atoms. The van der Waals surface area contributed by atoms with Crippen molar-refractivity contribution in [3.05, 3.63) is 47.0 Å². The maximum atomic E-state index is 8.98. The fraction of sp³-hybridized carbons (Fsp3) is 0.250. The van der Waals surface area contributed by atoms with Gasteiger partial charge in [-0.15, -0.1) is 6.58 Å². The molecule has 0 amide bonds. The normalized spacial score (nSPS) is 11.8. The summed E-state index contributed by atoms with van der Waals surface area (Å²) in [6, 6.07) is 7.49. The van der Waals surface area contributed by atoms with Gasteiger partial charge in [0, 0.05) is 11.6 Å². The van der Waals surface area contributed by atoms with Crippen molar-refractivity contribution in [1.82, 2.24) is 5.32 Å². The minimum Gasteiger partial charge on any atom is -0.295 e. The van der Waals surface area contributed by atoms with Crippen LogP contribution < -0.4 is 5.32 Å². The molecule has 0 radical (unpaired) electrons. The molecule has 1 aromatic carbocycles. The highest BCUT2D eigenvalue weighted by Crippen LogP contribution is 2.20. The first-order valence-corrected chi connectivity index (χ1v) is 5.06. The van der Waals surface area contributed by atoms with E-state index in [2.05, 4.69) is 18.0 Å². The summed E-state index contributed by atoms with van der Waals surface area (Å²) in [6.07, 6.45) is 1.72. The van der Waals surface area contributed by atoms with Crippen LogP contribution in [0.2, 0.25) is 5.02 Å². The maximum absolute atomic E-state index is 8.98. The zero-order valence-electron chi connectivity index (χ0n) is 8.63. The smallest absolute Gasteiger partial charge is 0.121 e. The van der Waals surface area contributed by atoms with Gasteiger partial charge in [-0.3, -0.25) is 5.32 Å². The van der Waals surface area contributed by atoms with Gasteiger partial charge in [-0.1, -0.05) is 29.8 Å². The molecule has 3 heteroatoms. The molecule has 0 heterocycles. The van der Waals surface area contributed by atoms with Crippen LogP contribution in [-0.2, 0) is 0 Å². The van der Waals surface area contributed by atoms with Crippen LogP contribution in [0, 0.1) is 18.3 Å². The molecule has 0 aliphatic heterocycles. The molecule has 1 unspecified atom stereocenters. The van der Waals surface area contributed by atoms with E-state index in [4.69, 9.17) is 16.9 Å². The van der Waals surface area contributed by atoms with E-state index < -0.39 is 0 Å². The van der Waals surface area contributed by atoms with Gasteiger partial charge in [0.15, 0.2) is 0 Å². The Labute approximate surface area is 95.2 Å². The minimum atomic E-state index is -0.332. The lowest BCUT2D eigenvalue weighted by Crippen LogP contribution is -2.19. The lowest BCUT2D eigenvalue weighted by atomic mass is 10.1. The third-order valence-electron chi connectivity index (χ3n) is 2.12. The zero-order chi connectivity index (χ0) is 11.3. The Morgan fingerprint density at radius 2 is 2.40 bits per heavy atom. The van der Waals surface area contributed by atoms with Gasteiger partial charge in [0.05, 0.1) is 6.07 Å². The molecular formula is C12H13ClN2. The topological polar surface area (TPSA) is 35.8 Å². The zero-order valence-corrected chi connectivity index (χ0v) is 9.38. The van der Waals surface area contributed by atoms with Gasteiger partial charge >= 0.3 is 0 Å². The summed E-state index contributed by atoms with van der Waals surface area (Å²) >= 11 is 5.99. The Morgan fingerprint density at radius 1 is 1.67 bits per heavy atom. The van der Waals surface area contributed by atoms with E-state index in [1.54, 1.807) is 6.08 Å². The highest BCUT2D eigenvalue weighted by atomic mass is 35.5. The molecule has 0 fully saturated rings. The molecule has 1 atom stereocenters. The lowest BCUT2D eigenvalue weighted by Gasteiger charge is -2.11. The average molecular weight is 221 g/mol. The monoisotopic (exact) mass is 220 g/mol. The second-order valence-electron chi connectivity index (χ2n) is 3.27. The maximum Gasteiger partial charge on any atom is 0.121 e. The van der Waals surface area contributed by atoms with Crippen molar-refractivity contribution in [2.75, 3.05) is 6.54 Å². The van der Waals surface area contributed by atoms with E-state index in [9.17, 15) is 0 Å². The van der Waals surface area contributed by atoms with Gasteiger partial charge in [-0.05, 0) is 24.1 Å². The van der Waals surface area contributed by atoms with Crippen LogP contribution in [0.4, 0.5) is 0 Å². The Hall–Kier alpha value is -1.30. The second kappa shape index (κ2) is 5.55. The number of nitrogens with zero attached hydrogens (tertiary/aromatic N) is 1. The van der Waals surface area contributed by atoms with Gasteiger partial charge in [0.25, 0.3) is 0 Å². The van der Waals surface area contributed by atoms with Crippen LogP contribution in [0.5, 0.6) is 0 Å². The quantitative estimate of drug-likeness (QED) is 0.792. The van der Waals surface area contributed by atoms with Gasteiger partial charge < -0.3 is 0 Å². The van der Waals surface area contributed by atoms with E-state index in [0.29, 0.717) is 11.6 Å². The standard InChI is InChI=1S/C12H13ClN2/c1-3-6-15-12(8-14)10-5-4-9(2)11(13)7-10/h3-5,7,12,15H,1,6H2,2H3. The van der Waals surface area contributed by atoms with E-state index >= 15 is 0 Å². The molecule has 0 aliphatic carbocycles. The summed E-state index contributed by atoms with van der Waals surface area (Å²) in [6.45, 7) is 6.13. The number of aryl methyl sites for hydroxylation is 1. The molecule has 0 saturated carbocycles. The second-order valence-corrected chi connectivity index (χ2v) is 3.67. The molecule has 15 heavy (non-hydrogen) atoms. The third-order valence-corrected chi connectivity index (χ3v) is 2.53. The Balaban J connectivity index is 2.88. The predicted octanol–water partition coefficient (Wildman–Crippen LogP) is 2.99. The first kappa shape index (κ1) is 11.8. The summed E-state index contributed by atoms with van der Waals surface area (Å²) in [5.41, 5.74) is 1.90. The summed E-state index contributed by atoms with van der Waals surface area (Å²) in [7, 11) is 0. The van der Waals surface area contributed by atoms with E-state index in [1.165, 1.54) is 0 Å². The fourth-order valence-corrected chi connectivity index (χ4v) is 1.42. The number of halogens is 1. The van der Waals surface area contributed by atoms with E-state index in [1.807, 2.05) is 25.1 Å². The highest BCUT2D eigenvalue weighted by Gasteiger charge is 2.09. The molecule has 1 aromatic rings. The van der Waals surface area contributed by atoms with Gasteiger partial charge in [-0.25, -0.2) is 0 Å². The summed E-state index contributed by atoms with van der Waals surface area (Å²) < 4.78 is 0. The van der Waals surface area contributed by atoms with Crippen molar-refractivity contribution in [1.29, 1.82) is 5.26 Å². The largest absolute Gasteiger partial charge is 0.295 e. The third kappa shape index (κ3) is 3.09. The Bertz CT molecular complexity index is 393. The molecule has 0 saturated heterocycles. The van der Waals surface area contributed by atoms with Crippen LogP contribution in [-0.4, -0.2) is 6.54 Å². The van der Waals surface area contributed by atoms with Crippen molar-refractivity contribution in [2.45, 2.75) is 13.0 Å². The first-order valence-electron chi connectivity index (χ1n) is 4.69. The Kier molecular flexibility index (Phi) is 4.36. The number of benzene rings is 1. The molecule has 0 aromatic heterocycles. The van der Waals surface area contributed by atoms with Crippen molar-refractivity contribution in [3.8, 4) is 6.07 Å². The Morgan fingerprint density at radius 3 is 2.93 bits per heavy atom. The molecule has 78 valence electrons. The lowest BCUT2D eigenvalue weighted by molar-refractivity contribution is 0.683. The summed E-state index contributed by atoms with van der Waals surface area (Å²) in [5.74, 6) is 0. The first-order chi connectivity index (χ1) is 7.19. The van der Waals surface area contributed by atoms with Crippen molar-refractivity contribution >= 4 is 11.6 Å². The SMILES string of the molecule is C=CCNC(C#N)c1ccc(C)c(Cl)c1. The van der Waals surface area contributed by atoms with Gasteiger partial charge in [-0.2, -0.15) is 5.26 Å². The summed E-state index contributed by atoms with van der Waals surface area (Å²) in [4.78, 5) is 0. The number of hydrogen-bond acceptors (Lipinski definition) is 2. The molecular weight excluding hydrogens is 208 g/mol. The van der Waals surface area contributed by atoms with Crippen molar-refractivity contribution in [2.24, 2.45) is 0 Å². The van der Waals surface area contributed by atoms with Crippen LogP contribution >= 0.6 is 11.6 Å². The fourth-order valence-electron chi connectivity index (χ4n) is 1.23. The van der Waals surface area contributed by atoms with Crippen molar-refractivity contribution in [3.63, 3.8) is 0 Å². The van der Waals surface area contributed by atoms with Gasteiger partial charge in [0.1, 0.15) is 6.04 Å². The molecule has 2 nitrogen and oxygen atoms in total. The number of nitriles is 1. The molecule has 0 aliphatic rings. The molecule has 0 spiro atoms. The van der Waals surface area contributed by atoms with Crippen LogP contribution in [0.3, 0.4) is 0 Å². The number of hydrogen-bond donors (Lipinski definition) is 1. The minimum absolute atomic E-state index is 0.332. The number of nitrogens with one attached hydrogen (secondary N) is 1. The average Bonchev–Trinajstić information content (AvgIpc) is 2.24. The number of rotatable bonds is 4. The molecule has 1 N–H and O–H groups in total. The van der Waals surface area contributed by atoms with Gasteiger partial charge in [0.2, 0.25) is 0 Å². The highest BCUT2D eigenvalue weighted by molar-refractivity contribution is 6.31. The van der Waals surface area contributed by atoms with E-state index in [0.717, 1.165) is 11.1 Å². The summed E-state index contributed by atoms with van der Waals surface area (Å²) in [5, 5.41) is 12.7. The van der Waals surface area contributed by atoms with E-state index in [-0.39, 0.29) is 6.04 Å².